The molecule has 2 aromatic carbocycles. The molecule has 0 saturated carbocycles. The van der Waals surface area contributed by atoms with Crippen LogP contribution in [0, 0.1) is 0 Å². The summed E-state index contributed by atoms with van der Waals surface area (Å²) in [5.74, 6) is 2.44. The minimum absolute atomic E-state index is 0.627. The summed E-state index contributed by atoms with van der Waals surface area (Å²) in [6, 6.07) is 18.3. The van der Waals surface area contributed by atoms with Gasteiger partial charge in [-0.2, -0.15) is 0 Å². The van der Waals surface area contributed by atoms with Gasteiger partial charge in [0.2, 0.25) is 0 Å². The second-order valence-electron chi connectivity index (χ2n) is 7.82. The molecule has 4 aromatic rings. The molecule has 8 heteroatoms. The number of nitrogens with one attached hydrogen (secondary N) is 1. The van der Waals surface area contributed by atoms with E-state index >= 15 is 0 Å². The minimum atomic E-state index is 0.627. The molecule has 0 amide bonds. The number of aromatic nitrogens is 3. The van der Waals surface area contributed by atoms with Gasteiger partial charge in [-0.25, -0.2) is 9.97 Å². The molecule has 3 heterocycles. The molecule has 0 aliphatic carbocycles. The number of ether oxygens (including phenoxy) is 2. The van der Waals surface area contributed by atoms with Crippen molar-refractivity contribution in [3.05, 3.63) is 71.4 Å². The van der Waals surface area contributed by atoms with Gasteiger partial charge in [-0.3, -0.25) is 4.90 Å². The minimum Gasteiger partial charge on any atom is -0.492 e. The van der Waals surface area contributed by atoms with Gasteiger partial charge in [-0.15, -0.1) is 11.8 Å². The molecule has 1 aliphatic rings. The van der Waals surface area contributed by atoms with E-state index in [4.69, 9.17) is 26.1 Å². The summed E-state index contributed by atoms with van der Waals surface area (Å²) >= 11 is 8.18. The molecule has 1 aliphatic heterocycles. The topological polar surface area (TPSA) is 63.3 Å². The van der Waals surface area contributed by atoms with E-state index in [1.165, 1.54) is 5.56 Å². The fourth-order valence-corrected chi connectivity index (χ4v) is 5.03. The van der Waals surface area contributed by atoms with Crippen molar-refractivity contribution in [2.75, 3.05) is 39.5 Å². The van der Waals surface area contributed by atoms with Crippen molar-refractivity contribution >= 4 is 34.5 Å². The van der Waals surface area contributed by atoms with Gasteiger partial charge in [0, 0.05) is 37.1 Å². The first-order valence-electron chi connectivity index (χ1n) is 11.0. The Labute approximate surface area is 202 Å². The standard InChI is InChI=1S/C25H25ClN4O2S/c26-21-16-27-25-22(23(21)33-17-18-4-2-1-3-5-18)28-24(29-25)19-6-8-20(9-7-19)32-15-12-30-10-13-31-14-11-30/h1-9,16H,10-15,17H2,(H,27,28,29). The Balaban J connectivity index is 1.27. The monoisotopic (exact) mass is 480 g/mol. The zero-order valence-electron chi connectivity index (χ0n) is 18.2. The van der Waals surface area contributed by atoms with E-state index in [1.807, 2.05) is 42.5 Å². The number of fused-ring (bicyclic) bond motifs is 1. The van der Waals surface area contributed by atoms with Crippen molar-refractivity contribution in [2.45, 2.75) is 10.6 Å². The number of aromatic amines is 1. The Morgan fingerprint density at radius 3 is 2.64 bits per heavy atom. The van der Waals surface area contributed by atoms with E-state index < -0.39 is 0 Å². The zero-order chi connectivity index (χ0) is 22.5. The maximum Gasteiger partial charge on any atom is 0.179 e. The van der Waals surface area contributed by atoms with E-state index in [9.17, 15) is 0 Å². The number of H-pyrrole nitrogens is 1. The molecule has 2 aromatic heterocycles. The number of halogens is 1. The molecule has 0 bridgehead atoms. The van der Waals surface area contributed by atoms with Gasteiger partial charge in [-0.05, 0) is 29.8 Å². The molecular weight excluding hydrogens is 456 g/mol. The summed E-state index contributed by atoms with van der Waals surface area (Å²) in [5.41, 5.74) is 3.75. The summed E-state index contributed by atoms with van der Waals surface area (Å²) in [4.78, 5) is 15.9. The maximum absolute atomic E-state index is 6.49. The highest BCUT2D eigenvalue weighted by Crippen LogP contribution is 2.35. The van der Waals surface area contributed by atoms with Crippen molar-refractivity contribution in [3.63, 3.8) is 0 Å². The number of morpholine rings is 1. The van der Waals surface area contributed by atoms with Gasteiger partial charge in [0.1, 0.15) is 23.7 Å². The average molecular weight is 481 g/mol. The molecule has 33 heavy (non-hydrogen) atoms. The second kappa shape index (κ2) is 10.6. The van der Waals surface area contributed by atoms with Crippen LogP contribution >= 0.6 is 23.4 Å². The van der Waals surface area contributed by atoms with Crippen LogP contribution < -0.4 is 4.74 Å². The zero-order valence-corrected chi connectivity index (χ0v) is 19.7. The molecule has 1 fully saturated rings. The Kier molecular flexibility index (Phi) is 7.12. The van der Waals surface area contributed by atoms with E-state index in [2.05, 4.69) is 27.0 Å². The summed E-state index contributed by atoms with van der Waals surface area (Å²) in [6.07, 6.45) is 1.67. The van der Waals surface area contributed by atoms with Crippen LogP contribution in [0.4, 0.5) is 0 Å². The van der Waals surface area contributed by atoms with Crippen molar-refractivity contribution in [1.82, 2.24) is 19.9 Å². The lowest BCUT2D eigenvalue weighted by Gasteiger charge is -2.26. The third kappa shape index (κ3) is 5.50. The second-order valence-corrected chi connectivity index (χ2v) is 9.21. The van der Waals surface area contributed by atoms with E-state index in [0.29, 0.717) is 17.3 Å². The lowest BCUT2D eigenvalue weighted by Crippen LogP contribution is -2.38. The third-order valence-electron chi connectivity index (χ3n) is 5.56. The molecule has 0 unspecified atom stereocenters. The van der Waals surface area contributed by atoms with Gasteiger partial charge in [0.15, 0.2) is 5.65 Å². The summed E-state index contributed by atoms with van der Waals surface area (Å²) in [7, 11) is 0. The van der Waals surface area contributed by atoms with Crippen LogP contribution in [-0.2, 0) is 10.5 Å². The number of benzene rings is 2. The Morgan fingerprint density at radius 1 is 1.06 bits per heavy atom. The number of imidazole rings is 1. The van der Waals surface area contributed by atoms with Gasteiger partial charge in [-0.1, -0.05) is 41.9 Å². The Hall–Kier alpha value is -2.58. The van der Waals surface area contributed by atoms with Crippen LogP contribution in [0.3, 0.4) is 0 Å². The van der Waals surface area contributed by atoms with Crippen LogP contribution in [-0.4, -0.2) is 59.3 Å². The number of hydrogen-bond acceptors (Lipinski definition) is 6. The Bertz CT molecular complexity index is 1190. The lowest BCUT2D eigenvalue weighted by atomic mass is 10.2. The smallest absolute Gasteiger partial charge is 0.179 e. The largest absolute Gasteiger partial charge is 0.492 e. The summed E-state index contributed by atoms with van der Waals surface area (Å²) in [5, 5.41) is 0.627. The fourth-order valence-electron chi connectivity index (χ4n) is 3.75. The SMILES string of the molecule is Clc1cnc2nc(-c3ccc(OCCN4CCOCC4)cc3)[nH]c2c1SCc1ccccc1. The highest BCUT2D eigenvalue weighted by atomic mass is 35.5. The number of rotatable bonds is 8. The number of nitrogens with zero attached hydrogens (tertiary/aromatic N) is 3. The molecule has 170 valence electrons. The first-order valence-corrected chi connectivity index (χ1v) is 12.4. The van der Waals surface area contributed by atoms with E-state index in [1.54, 1.807) is 18.0 Å². The van der Waals surface area contributed by atoms with E-state index in [0.717, 1.165) is 66.2 Å². The fraction of sp³-hybridized carbons (Fsp3) is 0.280. The van der Waals surface area contributed by atoms with E-state index in [-0.39, 0.29) is 0 Å². The van der Waals surface area contributed by atoms with Crippen molar-refractivity contribution in [2.24, 2.45) is 0 Å². The summed E-state index contributed by atoms with van der Waals surface area (Å²) in [6.45, 7) is 5.12. The van der Waals surface area contributed by atoms with Crippen LogP contribution in [0.25, 0.3) is 22.6 Å². The van der Waals surface area contributed by atoms with Gasteiger partial charge >= 0.3 is 0 Å². The molecule has 6 nitrogen and oxygen atoms in total. The van der Waals surface area contributed by atoms with Crippen LogP contribution in [0.1, 0.15) is 5.56 Å². The molecule has 5 rings (SSSR count). The first kappa shape index (κ1) is 22.2. The highest BCUT2D eigenvalue weighted by Gasteiger charge is 2.14. The van der Waals surface area contributed by atoms with Crippen molar-refractivity contribution in [3.8, 4) is 17.1 Å². The predicted molar refractivity (Wildman–Crippen MR) is 133 cm³/mol. The number of thioether (sulfide) groups is 1. The van der Waals surface area contributed by atoms with Crippen LogP contribution in [0.2, 0.25) is 5.02 Å². The van der Waals surface area contributed by atoms with Gasteiger partial charge in [0.25, 0.3) is 0 Å². The molecule has 0 spiro atoms. The average Bonchev–Trinajstić information content (AvgIpc) is 3.30. The quantitative estimate of drug-likeness (QED) is 0.346. The molecule has 0 radical (unpaired) electrons. The van der Waals surface area contributed by atoms with Gasteiger partial charge < -0.3 is 14.5 Å². The summed E-state index contributed by atoms with van der Waals surface area (Å²) < 4.78 is 11.3. The van der Waals surface area contributed by atoms with Crippen LogP contribution in [0.15, 0.2) is 65.7 Å². The number of pyridine rings is 1. The normalized spacial score (nSPS) is 14.6. The van der Waals surface area contributed by atoms with Crippen molar-refractivity contribution in [1.29, 1.82) is 0 Å². The predicted octanol–water partition coefficient (Wildman–Crippen LogP) is 5.28. The highest BCUT2D eigenvalue weighted by molar-refractivity contribution is 7.98. The molecule has 1 saturated heterocycles. The molecule has 1 N–H and O–H groups in total. The molecule has 0 atom stereocenters. The third-order valence-corrected chi connectivity index (χ3v) is 7.15. The van der Waals surface area contributed by atoms with Crippen molar-refractivity contribution < 1.29 is 9.47 Å². The first-order chi connectivity index (χ1) is 16.3. The van der Waals surface area contributed by atoms with Crippen LogP contribution in [0.5, 0.6) is 5.75 Å². The molecular formula is C25H25ClN4O2S. The maximum atomic E-state index is 6.49. The number of hydrogen-bond donors (Lipinski definition) is 1. The lowest BCUT2D eigenvalue weighted by molar-refractivity contribution is 0.0322. The van der Waals surface area contributed by atoms with Gasteiger partial charge in [0.05, 0.1) is 23.1 Å². The Morgan fingerprint density at radius 2 is 1.85 bits per heavy atom.